The lowest BCUT2D eigenvalue weighted by Gasteiger charge is -2.13. The third-order valence-corrected chi connectivity index (χ3v) is 5.28. The summed E-state index contributed by atoms with van der Waals surface area (Å²) in [6.45, 7) is 3.60. The Hall–Kier alpha value is -3.00. The molecule has 8 heteroatoms. The minimum absolute atomic E-state index is 0.0414. The Labute approximate surface area is 167 Å². The van der Waals surface area contributed by atoms with Gasteiger partial charge in [0.15, 0.2) is 5.16 Å². The van der Waals surface area contributed by atoms with Crippen molar-refractivity contribution < 1.29 is 9.59 Å². The van der Waals surface area contributed by atoms with Gasteiger partial charge >= 0.3 is 0 Å². The van der Waals surface area contributed by atoms with Gasteiger partial charge in [-0.15, -0.1) is 10.2 Å². The quantitative estimate of drug-likeness (QED) is 0.616. The monoisotopic (exact) mass is 395 g/mol. The molecule has 0 saturated heterocycles. The summed E-state index contributed by atoms with van der Waals surface area (Å²) in [6.07, 6.45) is 3.50. The van der Waals surface area contributed by atoms with E-state index in [1.807, 2.05) is 35.9 Å². The van der Waals surface area contributed by atoms with E-state index in [4.69, 9.17) is 0 Å². The van der Waals surface area contributed by atoms with Gasteiger partial charge in [-0.05, 0) is 49.2 Å². The molecule has 1 N–H and O–H groups in total. The summed E-state index contributed by atoms with van der Waals surface area (Å²) in [4.78, 5) is 28.0. The lowest BCUT2D eigenvalue weighted by atomic mass is 10.1. The van der Waals surface area contributed by atoms with Crippen LogP contribution < -0.4 is 5.32 Å². The molecule has 1 aromatic carbocycles. The summed E-state index contributed by atoms with van der Waals surface area (Å²) < 4.78 is 1.87. The first kappa shape index (κ1) is 19.8. The van der Waals surface area contributed by atoms with Crippen LogP contribution in [-0.4, -0.2) is 31.4 Å². The van der Waals surface area contributed by atoms with E-state index < -0.39 is 0 Å². The first-order valence-electron chi connectivity index (χ1n) is 8.78. The normalized spacial score (nSPS) is 11.8. The van der Waals surface area contributed by atoms with E-state index >= 15 is 0 Å². The fourth-order valence-electron chi connectivity index (χ4n) is 2.67. The minimum atomic E-state index is -0.309. The third kappa shape index (κ3) is 5.04. The van der Waals surface area contributed by atoms with Crippen molar-refractivity contribution in [3.8, 4) is 0 Å². The van der Waals surface area contributed by atoms with Crippen LogP contribution in [0.3, 0.4) is 0 Å². The van der Waals surface area contributed by atoms with Crippen molar-refractivity contribution in [2.45, 2.75) is 30.7 Å². The number of pyridine rings is 1. The predicted molar refractivity (Wildman–Crippen MR) is 108 cm³/mol. The van der Waals surface area contributed by atoms with Crippen molar-refractivity contribution in [2.75, 3.05) is 5.32 Å². The average molecular weight is 395 g/mol. The van der Waals surface area contributed by atoms with Crippen LogP contribution in [0.2, 0.25) is 0 Å². The first-order chi connectivity index (χ1) is 13.4. The van der Waals surface area contributed by atoms with E-state index in [9.17, 15) is 9.59 Å². The van der Waals surface area contributed by atoms with Crippen LogP contribution in [0.25, 0.3) is 0 Å². The molecule has 0 aliphatic rings. The van der Waals surface area contributed by atoms with Crippen molar-refractivity contribution in [1.29, 1.82) is 0 Å². The molecule has 0 bridgehead atoms. The summed E-state index contributed by atoms with van der Waals surface area (Å²) in [6, 6.07) is 11.1. The van der Waals surface area contributed by atoms with Gasteiger partial charge in [-0.2, -0.15) is 0 Å². The first-order valence-corrected chi connectivity index (χ1v) is 9.66. The van der Waals surface area contributed by atoms with Crippen molar-refractivity contribution in [2.24, 2.45) is 7.05 Å². The smallest absolute Gasteiger partial charge is 0.274 e. The third-order valence-electron chi connectivity index (χ3n) is 4.08. The summed E-state index contributed by atoms with van der Waals surface area (Å²) >= 11 is 1.59. The van der Waals surface area contributed by atoms with Gasteiger partial charge in [-0.3, -0.25) is 14.6 Å². The van der Waals surface area contributed by atoms with E-state index in [-0.39, 0.29) is 29.1 Å². The number of aromatic nitrogens is 4. The zero-order chi connectivity index (χ0) is 20.1. The van der Waals surface area contributed by atoms with Crippen molar-refractivity contribution in [3.05, 3.63) is 65.7 Å². The van der Waals surface area contributed by atoms with Crippen LogP contribution in [0.4, 0.5) is 5.69 Å². The number of carbonyl (C=O) groups excluding carboxylic acids is 2. The standard InChI is InChI=1S/C20H21N5O2S/c1-13(26)9-15-7-8-21-18(10-15)19(27)23-17-6-4-5-16(11-17)14(2)28-20-24-22-12-25(20)3/h4-8,10-12,14H,9H2,1-3H3,(H,23,27)/t14-/m0/s1. The van der Waals surface area contributed by atoms with E-state index in [0.717, 1.165) is 16.3 Å². The molecule has 1 amide bonds. The summed E-state index contributed by atoms with van der Waals surface area (Å²) in [5.74, 6) is -0.268. The van der Waals surface area contributed by atoms with Gasteiger partial charge in [-0.25, -0.2) is 0 Å². The molecule has 7 nitrogen and oxygen atoms in total. The second-order valence-corrected chi connectivity index (χ2v) is 7.80. The average Bonchev–Trinajstić information content (AvgIpc) is 3.06. The van der Waals surface area contributed by atoms with Crippen LogP contribution in [0.5, 0.6) is 0 Å². The molecule has 3 aromatic rings. The second-order valence-electron chi connectivity index (χ2n) is 6.49. The number of thioether (sulfide) groups is 1. The molecule has 0 aliphatic carbocycles. The van der Waals surface area contributed by atoms with Crippen molar-refractivity contribution in [1.82, 2.24) is 19.7 Å². The molecular formula is C20H21N5O2S. The number of Topliss-reactive ketones (excluding diaryl/α,β-unsaturated/α-hetero) is 1. The van der Waals surface area contributed by atoms with E-state index in [0.29, 0.717) is 5.69 Å². The zero-order valence-electron chi connectivity index (χ0n) is 15.9. The van der Waals surface area contributed by atoms with Crippen LogP contribution >= 0.6 is 11.8 Å². The molecule has 0 saturated carbocycles. The van der Waals surface area contributed by atoms with Crippen LogP contribution in [0.15, 0.2) is 54.1 Å². The number of anilines is 1. The number of benzene rings is 1. The molecule has 0 radical (unpaired) electrons. The number of hydrogen-bond acceptors (Lipinski definition) is 6. The highest BCUT2D eigenvalue weighted by molar-refractivity contribution is 7.99. The van der Waals surface area contributed by atoms with Crippen LogP contribution in [0.1, 0.15) is 40.7 Å². The molecule has 2 heterocycles. The molecule has 0 fully saturated rings. The topological polar surface area (TPSA) is 89.8 Å². The molecule has 28 heavy (non-hydrogen) atoms. The molecule has 0 spiro atoms. The Bertz CT molecular complexity index is 1000. The Kier molecular flexibility index (Phi) is 6.20. The number of carbonyl (C=O) groups is 2. The van der Waals surface area contributed by atoms with Gasteiger partial charge in [0.2, 0.25) is 0 Å². The largest absolute Gasteiger partial charge is 0.321 e. The fourth-order valence-corrected chi connectivity index (χ4v) is 3.57. The lowest BCUT2D eigenvalue weighted by Crippen LogP contribution is -2.14. The van der Waals surface area contributed by atoms with Crippen LogP contribution in [0, 0.1) is 0 Å². The molecule has 1 atom stereocenters. The van der Waals surface area contributed by atoms with Gasteiger partial charge in [-0.1, -0.05) is 23.9 Å². The Morgan fingerprint density at radius 3 is 2.79 bits per heavy atom. The maximum absolute atomic E-state index is 12.5. The van der Waals surface area contributed by atoms with Crippen LogP contribution in [-0.2, 0) is 18.3 Å². The maximum atomic E-state index is 12.5. The molecule has 3 rings (SSSR count). The second kappa shape index (κ2) is 8.79. The number of amides is 1. The van der Waals surface area contributed by atoms with E-state index in [1.165, 1.54) is 6.92 Å². The summed E-state index contributed by atoms with van der Waals surface area (Å²) in [5.41, 5.74) is 2.80. The number of nitrogens with zero attached hydrogens (tertiary/aromatic N) is 4. The number of hydrogen-bond donors (Lipinski definition) is 1. The van der Waals surface area contributed by atoms with Gasteiger partial charge < -0.3 is 9.88 Å². The SMILES string of the molecule is CC(=O)Cc1ccnc(C(=O)Nc2cccc([C@H](C)Sc3nncn3C)c2)c1. The highest BCUT2D eigenvalue weighted by Crippen LogP contribution is 2.34. The van der Waals surface area contributed by atoms with Gasteiger partial charge in [0, 0.05) is 30.6 Å². The minimum Gasteiger partial charge on any atom is -0.321 e. The number of aryl methyl sites for hydroxylation is 1. The Balaban J connectivity index is 1.71. The maximum Gasteiger partial charge on any atom is 0.274 e. The van der Waals surface area contributed by atoms with Gasteiger partial charge in [0.25, 0.3) is 5.91 Å². The highest BCUT2D eigenvalue weighted by atomic mass is 32.2. The number of rotatable bonds is 7. The zero-order valence-corrected chi connectivity index (χ0v) is 16.7. The highest BCUT2D eigenvalue weighted by Gasteiger charge is 2.13. The predicted octanol–water partition coefficient (Wildman–Crippen LogP) is 3.45. The van der Waals surface area contributed by atoms with Crippen molar-refractivity contribution in [3.63, 3.8) is 0 Å². The molecule has 144 valence electrons. The Morgan fingerprint density at radius 2 is 2.07 bits per heavy atom. The van der Waals surface area contributed by atoms with Gasteiger partial charge in [0.05, 0.1) is 0 Å². The Morgan fingerprint density at radius 1 is 1.25 bits per heavy atom. The lowest BCUT2D eigenvalue weighted by molar-refractivity contribution is -0.116. The molecular weight excluding hydrogens is 374 g/mol. The molecule has 2 aromatic heterocycles. The van der Waals surface area contributed by atoms with E-state index in [1.54, 1.807) is 36.4 Å². The molecule has 0 aliphatic heterocycles. The number of ketones is 1. The fraction of sp³-hybridized carbons (Fsp3) is 0.250. The number of nitrogens with one attached hydrogen (secondary N) is 1. The van der Waals surface area contributed by atoms with Gasteiger partial charge in [0.1, 0.15) is 17.8 Å². The van der Waals surface area contributed by atoms with E-state index in [2.05, 4.69) is 27.4 Å². The van der Waals surface area contributed by atoms with Crippen molar-refractivity contribution >= 4 is 29.1 Å². The summed E-state index contributed by atoms with van der Waals surface area (Å²) in [5, 5.41) is 11.8. The summed E-state index contributed by atoms with van der Waals surface area (Å²) in [7, 11) is 1.90. The molecule has 0 unspecified atom stereocenters.